The summed E-state index contributed by atoms with van der Waals surface area (Å²) in [4.78, 5) is 0. The molecule has 13 heavy (non-hydrogen) atoms. The Bertz CT molecular complexity index is 118. The molecule has 1 aliphatic rings. The van der Waals surface area contributed by atoms with Gasteiger partial charge < -0.3 is 10.2 Å². The van der Waals surface area contributed by atoms with Gasteiger partial charge in [-0.1, -0.05) is 25.7 Å². The van der Waals surface area contributed by atoms with Gasteiger partial charge in [-0.05, 0) is 31.1 Å². The summed E-state index contributed by atoms with van der Waals surface area (Å²) in [7, 11) is 0. The lowest BCUT2D eigenvalue weighted by atomic mass is 9.75. The van der Waals surface area contributed by atoms with Crippen molar-refractivity contribution in [3.63, 3.8) is 0 Å². The molecule has 1 saturated carbocycles. The Kier molecular flexibility index (Phi) is 4.74. The topological polar surface area (TPSA) is 40.5 Å². The minimum atomic E-state index is 0.264. The first kappa shape index (κ1) is 11.0. The summed E-state index contributed by atoms with van der Waals surface area (Å²) >= 11 is 0. The van der Waals surface area contributed by atoms with Crippen LogP contribution in [0.2, 0.25) is 0 Å². The van der Waals surface area contributed by atoms with E-state index in [1.807, 2.05) is 0 Å². The Balaban J connectivity index is 2.50. The normalized spacial score (nSPS) is 22.6. The largest absolute Gasteiger partial charge is 0.396 e. The SMILES string of the molecule is OCCC1(CCO)CCCCCC1. The zero-order valence-corrected chi connectivity index (χ0v) is 8.47. The van der Waals surface area contributed by atoms with E-state index in [1.54, 1.807) is 0 Å². The van der Waals surface area contributed by atoms with Gasteiger partial charge in [-0.25, -0.2) is 0 Å². The molecule has 0 radical (unpaired) electrons. The first-order valence-corrected chi connectivity index (χ1v) is 5.55. The van der Waals surface area contributed by atoms with Crippen LogP contribution < -0.4 is 0 Å². The van der Waals surface area contributed by atoms with Crippen molar-refractivity contribution in [2.45, 2.75) is 51.4 Å². The van der Waals surface area contributed by atoms with Gasteiger partial charge in [0.05, 0.1) is 0 Å². The predicted octanol–water partition coefficient (Wildman–Crippen LogP) is 2.09. The minimum absolute atomic E-state index is 0.264. The maximum absolute atomic E-state index is 9.02. The van der Waals surface area contributed by atoms with Gasteiger partial charge >= 0.3 is 0 Å². The first-order chi connectivity index (χ1) is 6.33. The molecule has 0 bridgehead atoms. The maximum Gasteiger partial charge on any atom is 0.0436 e. The lowest BCUT2D eigenvalue weighted by Crippen LogP contribution is -2.23. The van der Waals surface area contributed by atoms with Crippen LogP contribution in [-0.4, -0.2) is 23.4 Å². The molecule has 0 atom stereocenters. The van der Waals surface area contributed by atoms with Crippen molar-refractivity contribution in [2.24, 2.45) is 5.41 Å². The van der Waals surface area contributed by atoms with Crippen LogP contribution in [-0.2, 0) is 0 Å². The smallest absolute Gasteiger partial charge is 0.0436 e. The second kappa shape index (κ2) is 5.61. The molecule has 0 aromatic rings. The van der Waals surface area contributed by atoms with Crippen LogP contribution in [0.4, 0.5) is 0 Å². The number of hydrogen-bond acceptors (Lipinski definition) is 2. The Morgan fingerprint density at radius 3 is 1.62 bits per heavy atom. The molecule has 2 heteroatoms. The first-order valence-electron chi connectivity index (χ1n) is 5.55. The third-order valence-electron chi connectivity index (χ3n) is 3.45. The Morgan fingerprint density at radius 2 is 1.23 bits per heavy atom. The summed E-state index contributed by atoms with van der Waals surface area (Å²) < 4.78 is 0. The van der Waals surface area contributed by atoms with Gasteiger partial charge in [0.25, 0.3) is 0 Å². The molecule has 2 nitrogen and oxygen atoms in total. The number of aliphatic hydroxyl groups excluding tert-OH is 2. The summed E-state index contributed by atoms with van der Waals surface area (Å²) in [5, 5.41) is 18.0. The van der Waals surface area contributed by atoms with Gasteiger partial charge in [0.15, 0.2) is 0 Å². The van der Waals surface area contributed by atoms with Crippen LogP contribution in [0, 0.1) is 5.41 Å². The fraction of sp³-hybridized carbons (Fsp3) is 1.00. The number of hydrogen-bond donors (Lipinski definition) is 2. The molecule has 0 heterocycles. The van der Waals surface area contributed by atoms with Crippen molar-refractivity contribution in [1.82, 2.24) is 0 Å². The lowest BCUT2D eigenvalue weighted by Gasteiger charge is -2.31. The zero-order chi connectivity index (χ0) is 9.57. The highest BCUT2D eigenvalue weighted by molar-refractivity contribution is 4.81. The van der Waals surface area contributed by atoms with Crippen molar-refractivity contribution in [2.75, 3.05) is 13.2 Å². The van der Waals surface area contributed by atoms with Gasteiger partial charge in [-0.3, -0.25) is 0 Å². The Hall–Kier alpha value is -0.0800. The Morgan fingerprint density at radius 1 is 0.769 bits per heavy atom. The average molecular weight is 186 g/mol. The van der Waals surface area contributed by atoms with Gasteiger partial charge in [-0.2, -0.15) is 0 Å². The summed E-state index contributed by atoms with van der Waals surface area (Å²) in [6.45, 7) is 0.556. The van der Waals surface area contributed by atoms with E-state index in [0.29, 0.717) is 0 Å². The van der Waals surface area contributed by atoms with Gasteiger partial charge in [0, 0.05) is 13.2 Å². The molecular weight excluding hydrogens is 164 g/mol. The summed E-state index contributed by atoms with van der Waals surface area (Å²) in [6.07, 6.45) is 9.39. The van der Waals surface area contributed by atoms with Crippen molar-refractivity contribution < 1.29 is 10.2 Å². The van der Waals surface area contributed by atoms with Gasteiger partial charge in [-0.15, -0.1) is 0 Å². The molecule has 1 fully saturated rings. The molecule has 0 amide bonds. The highest BCUT2D eigenvalue weighted by Crippen LogP contribution is 2.40. The van der Waals surface area contributed by atoms with E-state index in [0.717, 1.165) is 12.8 Å². The van der Waals surface area contributed by atoms with Crippen molar-refractivity contribution in [3.05, 3.63) is 0 Å². The van der Waals surface area contributed by atoms with E-state index in [4.69, 9.17) is 10.2 Å². The van der Waals surface area contributed by atoms with Crippen LogP contribution in [0.25, 0.3) is 0 Å². The average Bonchev–Trinajstić information content (AvgIpc) is 2.32. The quantitative estimate of drug-likeness (QED) is 0.660. The maximum atomic E-state index is 9.02. The molecule has 1 rings (SSSR count). The van der Waals surface area contributed by atoms with Crippen molar-refractivity contribution in [3.8, 4) is 0 Å². The van der Waals surface area contributed by atoms with E-state index in [2.05, 4.69) is 0 Å². The van der Waals surface area contributed by atoms with Gasteiger partial charge in [0.1, 0.15) is 0 Å². The summed E-state index contributed by atoms with van der Waals surface area (Å²) in [6, 6.07) is 0. The molecule has 0 aromatic heterocycles. The van der Waals surface area contributed by atoms with Crippen LogP contribution in [0.1, 0.15) is 51.4 Å². The van der Waals surface area contributed by atoms with Crippen LogP contribution in [0.15, 0.2) is 0 Å². The molecule has 0 aromatic carbocycles. The number of aliphatic hydroxyl groups is 2. The van der Waals surface area contributed by atoms with Crippen molar-refractivity contribution in [1.29, 1.82) is 0 Å². The molecule has 78 valence electrons. The third kappa shape index (κ3) is 3.28. The van der Waals surface area contributed by atoms with E-state index >= 15 is 0 Å². The second-order valence-electron chi connectivity index (χ2n) is 4.36. The standard InChI is InChI=1S/C11H22O2/c12-9-7-11(8-10-13)5-3-1-2-4-6-11/h12-13H,1-10H2. The molecular formula is C11H22O2. The summed E-state index contributed by atoms with van der Waals surface area (Å²) in [5.41, 5.74) is 0.264. The van der Waals surface area contributed by atoms with Crippen LogP contribution >= 0.6 is 0 Å². The van der Waals surface area contributed by atoms with Crippen LogP contribution in [0.3, 0.4) is 0 Å². The van der Waals surface area contributed by atoms with Gasteiger partial charge in [0.2, 0.25) is 0 Å². The van der Waals surface area contributed by atoms with Crippen LogP contribution in [0.5, 0.6) is 0 Å². The lowest BCUT2D eigenvalue weighted by molar-refractivity contribution is 0.116. The minimum Gasteiger partial charge on any atom is -0.396 e. The molecule has 0 saturated heterocycles. The van der Waals surface area contributed by atoms with E-state index in [9.17, 15) is 0 Å². The van der Waals surface area contributed by atoms with E-state index in [1.165, 1.54) is 38.5 Å². The molecule has 0 spiro atoms. The summed E-state index contributed by atoms with van der Waals surface area (Å²) in [5.74, 6) is 0. The molecule has 0 unspecified atom stereocenters. The highest BCUT2D eigenvalue weighted by atomic mass is 16.3. The van der Waals surface area contributed by atoms with Crippen molar-refractivity contribution >= 4 is 0 Å². The molecule has 2 N–H and O–H groups in total. The monoisotopic (exact) mass is 186 g/mol. The highest BCUT2D eigenvalue weighted by Gasteiger charge is 2.29. The predicted molar refractivity (Wildman–Crippen MR) is 53.5 cm³/mol. The second-order valence-corrected chi connectivity index (χ2v) is 4.36. The zero-order valence-electron chi connectivity index (χ0n) is 8.47. The fourth-order valence-electron chi connectivity index (χ4n) is 2.58. The van der Waals surface area contributed by atoms with E-state index in [-0.39, 0.29) is 18.6 Å². The fourth-order valence-corrected chi connectivity index (χ4v) is 2.58. The Labute approximate surface area is 81.0 Å². The molecule has 1 aliphatic carbocycles. The van der Waals surface area contributed by atoms with E-state index < -0.39 is 0 Å². The molecule has 0 aliphatic heterocycles. The third-order valence-corrected chi connectivity index (χ3v) is 3.45. The number of rotatable bonds is 4.